The molecule has 2 aliphatic heterocycles. The topological polar surface area (TPSA) is 108 Å². The molecule has 2 aromatic carbocycles. The number of benzene rings is 2. The molecule has 0 radical (unpaired) electrons. The molecule has 3 heterocycles. The fourth-order valence-corrected chi connectivity index (χ4v) is 5.14. The van der Waals surface area contributed by atoms with Crippen LogP contribution in [0.3, 0.4) is 0 Å². The molecular formula is C23H16Cl2N4O4S. The van der Waals surface area contributed by atoms with Gasteiger partial charge < -0.3 is 5.32 Å². The summed E-state index contributed by atoms with van der Waals surface area (Å²) in [5, 5.41) is 7.08. The molecule has 1 atom stereocenters. The van der Waals surface area contributed by atoms with E-state index in [1.807, 2.05) is 6.07 Å². The number of piperidine rings is 1. The van der Waals surface area contributed by atoms with Crippen molar-refractivity contribution in [2.45, 2.75) is 25.4 Å². The number of thiazole rings is 1. The van der Waals surface area contributed by atoms with Crippen LogP contribution in [0.5, 0.6) is 0 Å². The number of imide groups is 2. The summed E-state index contributed by atoms with van der Waals surface area (Å²) in [5.41, 5.74) is 1.76. The molecule has 172 valence electrons. The van der Waals surface area contributed by atoms with E-state index in [1.54, 1.807) is 36.5 Å². The summed E-state index contributed by atoms with van der Waals surface area (Å²) in [5.74, 6) is -2.15. The molecule has 34 heavy (non-hydrogen) atoms. The van der Waals surface area contributed by atoms with Gasteiger partial charge in [0.1, 0.15) is 11.0 Å². The van der Waals surface area contributed by atoms with Crippen molar-refractivity contribution >= 4 is 63.9 Å². The Balaban J connectivity index is 1.35. The van der Waals surface area contributed by atoms with Crippen molar-refractivity contribution in [2.24, 2.45) is 0 Å². The van der Waals surface area contributed by atoms with Crippen LogP contribution in [0, 0.1) is 0 Å². The Morgan fingerprint density at radius 1 is 1.09 bits per heavy atom. The summed E-state index contributed by atoms with van der Waals surface area (Å²) in [7, 11) is 0. The van der Waals surface area contributed by atoms with E-state index >= 15 is 0 Å². The predicted octanol–water partition coefficient (Wildman–Crippen LogP) is 4.13. The van der Waals surface area contributed by atoms with Gasteiger partial charge in [-0.25, -0.2) is 4.98 Å². The van der Waals surface area contributed by atoms with E-state index in [1.165, 1.54) is 11.3 Å². The van der Waals surface area contributed by atoms with Gasteiger partial charge in [-0.05, 0) is 30.7 Å². The van der Waals surface area contributed by atoms with E-state index in [4.69, 9.17) is 23.2 Å². The minimum atomic E-state index is -1.01. The van der Waals surface area contributed by atoms with Crippen LogP contribution in [0.25, 0.3) is 10.6 Å². The van der Waals surface area contributed by atoms with Crippen molar-refractivity contribution in [3.05, 3.63) is 68.6 Å². The van der Waals surface area contributed by atoms with Gasteiger partial charge in [0.15, 0.2) is 0 Å². The van der Waals surface area contributed by atoms with Gasteiger partial charge in [-0.2, -0.15) is 0 Å². The zero-order chi connectivity index (χ0) is 24.0. The number of nitrogens with one attached hydrogen (secondary N) is 2. The van der Waals surface area contributed by atoms with Crippen LogP contribution >= 0.6 is 34.5 Å². The zero-order valence-corrected chi connectivity index (χ0v) is 19.8. The van der Waals surface area contributed by atoms with Crippen molar-refractivity contribution < 1.29 is 19.2 Å². The first-order valence-electron chi connectivity index (χ1n) is 10.3. The third-order valence-corrected chi connectivity index (χ3v) is 7.43. The maximum Gasteiger partial charge on any atom is 0.264 e. The highest BCUT2D eigenvalue weighted by Gasteiger charge is 2.45. The van der Waals surface area contributed by atoms with Crippen molar-refractivity contribution in [1.29, 1.82) is 0 Å². The Kier molecular flexibility index (Phi) is 5.85. The van der Waals surface area contributed by atoms with Gasteiger partial charge in [0.05, 0.1) is 27.7 Å². The number of rotatable bonds is 5. The van der Waals surface area contributed by atoms with Gasteiger partial charge in [0, 0.05) is 28.7 Å². The van der Waals surface area contributed by atoms with Crippen LogP contribution in [-0.2, 0) is 16.1 Å². The molecule has 1 unspecified atom stereocenters. The maximum atomic E-state index is 13.2. The van der Waals surface area contributed by atoms with Crippen molar-refractivity contribution in [3.63, 3.8) is 0 Å². The summed E-state index contributed by atoms with van der Waals surface area (Å²) >= 11 is 13.5. The molecule has 0 bridgehead atoms. The van der Waals surface area contributed by atoms with E-state index in [0.717, 1.165) is 20.3 Å². The minimum Gasteiger partial charge on any atom is -0.379 e. The lowest BCUT2D eigenvalue weighted by molar-refractivity contribution is -0.136. The van der Waals surface area contributed by atoms with Crippen LogP contribution in [0.15, 0.2) is 42.6 Å². The molecule has 1 aromatic heterocycles. The molecule has 2 N–H and O–H groups in total. The van der Waals surface area contributed by atoms with Crippen molar-refractivity contribution in [3.8, 4) is 10.6 Å². The van der Waals surface area contributed by atoms with E-state index < -0.39 is 29.7 Å². The van der Waals surface area contributed by atoms with Crippen LogP contribution in [0.4, 0.5) is 5.69 Å². The second-order valence-electron chi connectivity index (χ2n) is 7.79. The lowest BCUT2D eigenvalue weighted by Gasteiger charge is -2.27. The Morgan fingerprint density at radius 2 is 1.91 bits per heavy atom. The summed E-state index contributed by atoms with van der Waals surface area (Å²) in [6.07, 6.45) is 1.90. The molecule has 0 spiro atoms. The predicted molar refractivity (Wildman–Crippen MR) is 128 cm³/mol. The van der Waals surface area contributed by atoms with Gasteiger partial charge in [-0.1, -0.05) is 35.3 Å². The van der Waals surface area contributed by atoms with Crippen molar-refractivity contribution in [2.75, 3.05) is 5.32 Å². The highest BCUT2D eigenvalue weighted by molar-refractivity contribution is 7.15. The first-order valence-corrected chi connectivity index (χ1v) is 11.9. The number of aromatic nitrogens is 1. The zero-order valence-electron chi connectivity index (χ0n) is 17.4. The average molecular weight is 515 g/mol. The average Bonchev–Trinajstić information content (AvgIpc) is 3.38. The first kappa shape index (κ1) is 22.5. The monoisotopic (exact) mass is 514 g/mol. The van der Waals surface area contributed by atoms with Gasteiger partial charge in [-0.15, -0.1) is 11.3 Å². The second-order valence-corrected chi connectivity index (χ2v) is 9.72. The summed E-state index contributed by atoms with van der Waals surface area (Å²) in [6.45, 7) is 0.370. The van der Waals surface area contributed by atoms with Gasteiger partial charge in [-0.3, -0.25) is 29.4 Å². The molecular weight excluding hydrogens is 499 g/mol. The smallest absolute Gasteiger partial charge is 0.264 e. The fourth-order valence-electron chi connectivity index (χ4n) is 4.00. The molecule has 0 aliphatic carbocycles. The lowest BCUT2D eigenvalue weighted by Crippen LogP contribution is -2.54. The van der Waals surface area contributed by atoms with Gasteiger partial charge >= 0.3 is 0 Å². The Bertz CT molecular complexity index is 1370. The molecule has 1 saturated heterocycles. The number of hydrogen-bond donors (Lipinski definition) is 2. The lowest BCUT2D eigenvalue weighted by atomic mass is 10.0. The van der Waals surface area contributed by atoms with Gasteiger partial charge in [0.2, 0.25) is 11.8 Å². The van der Waals surface area contributed by atoms with Crippen LogP contribution in [0.1, 0.15) is 38.4 Å². The fraction of sp³-hybridized carbons (Fsp3) is 0.174. The number of nitrogens with zero attached hydrogens (tertiary/aromatic N) is 2. The summed E-state index contributed by atoms with van der Waals surface area (Å²) in [6, 6.07) is 9.23. The SMILES string of the molecule is O=C1CCC(N2C(=O)c3cccc(NCc4cnc(-c5ccc(Cl)c(Cl)c5)s4)c3C2=O)C(=O)N1. The quantitative estimate of drug-likeness (QED) is 0.495. The largest absolute Gasteiger partial charge is 0.379 e. The standard InChI is InChI=1S/C23H16Cl2N4O4S/c24-14-5-4-11(8-15(14)25)21-27-10-12(34-21)9-26-16-3-1-2-13-19(16)23(33)29(22(13)32)17-6-7-18(30)28-20(17)31/h1-5,8,10,17,26H,6-7,9H2,(H,28,30,31). The number of carbonyl (C=O) groups is 4. The molecule has 3 aromatic rings. The van der Waals surface area contributed by atoms with Gasteiger partial charge in [0.25, 0.3) is 11.8 Å². The highest BCUT2D eigenvalue weighted by atomic mass is 35.5. The molecule has 1 fully saturated rings. The normalized spacial score (nSPS) is 17.7. The van der Waals surface area contributed by atoms with E-state index in [-0.39, 0.29) is 24.0 Å². The Morgan fingerprint density at radius 3 is 2.68 bits per heavy atom. The molecule has 0 saturated carbocycles. The third kappa shape index (κ3) is 3.96. The number of halogens is 2. The summed E-state index contributed by atoms with van der Waals surface area (Å²) < 4.78 is 0. The first-order chi connectivity index (χ1) is 16.3. The highest BCUT2D eigenvalue weighted by Crippen LogP contribution is 2.34. The van der Waals surface area contributed by atoms with Crippen LogP contribution < -0.4 is 10.6 Å². The summed E-state index contributed by atoms with van der Waals surface area (Å²) in [4.78, 5) is 56.2. The van der Waals surface area contributed by atoms with Crippen LogP contribution in [0.2, 0.25) is 10.0 Å². The number of fused-ring (bicyclic) bond motifs is 1. The third-order valence-electron chi connectivity index (χ3n) is 5.64. The van der Waals surface area contributed by atoms with E-state index in [9.17, 15) is 19.2 Å². The molecule has 2 aliphatic rings. The molecule has 4 amide bonds. The molecule has 11 heteroatoms. The number of hydrogen-bond acceptors (Lipinski definition) is 7. The second kappa shape index (κ2) is 8.83. The van der Waals surface area contributed by atoms with E-state index in [2.05, 4.69) is 15.6 Å². The number of amides is 4. The molecule has 8 nitrogen and oxygen atoms in total. The Labute approximate surface area is 207 Å². The number of anilines is 1. The maximum absolute atomic E-state index is 13.2. The van der Waals surface area contributed by atoms with Crippen LogP contribution in [-0.4, -0.2) is 39.6 Å². The van der Waals surface area contributed by atoms with E-state index in [0.29, 0.717) is 22.3 Å². The Hall–Kier alpha value is -3.27. The minimum absolute atomic E-state index is 0.0709. The van der Waals surface area contributed by atoms with Crippen molar-refractivity contribution in [1.82, 2.24) is 15.2 Å². The molecule has 5 rings (SSSR count). The number of carbonyl (C=O) groups excluding carboxylic acids is 4.